The highest BCUT2D eigenvalue weighted by atomic mass is 16.2. The summed E-state index contributed by atoms with van der Waals surface area (Å²) in [7, 11) is 1.49. The quantitative estimate of drug-likeness (QED) is 0.742. The summed E-state index contributed by atoms with van der Waals surface area (Å²) in [6.07, 6.45) is 1.02. The molecule has 0 bridgehead atoms. The third kappa shape index (κ3) is 5.15. The normalized spacial score (nSPS) is 13.5. The molecule has 0 aliphatic carbocycles. The van der Waals surface area contributed by atoms with Crippen molar-refractivity contribution in [1.29, 1.82) is 0 Å². The van der Waals surface area contributed by atoms with E-state index in [4.69, 9.17) is 0 Å². The summed E-state index contributed by atoms with van der Waals surface area (Å²) >= 11 is 0. The lowest BCUT2D eigenvalue weighted by atomic mass is 9.94. The summed E-state index contributed by atoms with van der Waals surface area (Å²) < 4.78 is 0. The molecule has 3 amide bonds. The van der Waals surface area contributed by atoms with Crippen LogP contribution in [0.4, 0.5) is 4.79 Å². The Bertz CT molecular complexity index is 497. The lowest BCUT2D eigenvalue weighted by Gasteiger charge is -2.23. The number of nitrogens with two attached hydrogens (primary N) is 1. The van der Waals surface area contributed by atoms with Crippen molar-refractivity contribution >= 4 is 11.9 Å². The zero-order valence-corrected chi connectivity index (χ0v) is 14.1. The van der Waals surface area contributed by atoms with Gasteiger partial charge in [0.15, 0.2) is 6.04 Å². The van der Waals surface area contributed by atoms with Gasteiger partial charge in [0.05, 0.1) is 0 Å². The Hall–Kier alpha value is -1.88. The number of quaternary nitrogens is 1. The molecule has 122 valence electrons. The fourth-order valence-electron chi connectivity index (χ4n) is 2.38. The van der Waals surface area contributed by atoms with Gasteiger partial charge >= 0.3 is 6.03 Å². The predicted octanol–water partition coefficient (Wildman–Crippen LogP) is 1.35. The highest BCUT2D eigenvalue weighted by molar-refractivity contribution is 5.95. The number of carbonyl (C=O) groups excluding carboxylic acids is 2. The van der Waals surface area contributed by atoms with Crippen LogP contribution in [0.15, 0.2) is 24.3 Å². The second kappa shape index (κ2) is 8.54. The second-order valence-electron chi connectivity index (χ2n) is 5.91. The van der Waals surface area contributed by atoms with E-state index >= 15 is 0 Å². The summed E-state index contributed by atoms with van der Waals surface area (Å²) in [6.45, 7) is 8.22. The van der Waals surface area contributed by atoms with Crippen LogP contribution in [0.25, 0.3) is 0 Å². The first-order chi connectivity index (χ1) is 10.4. The first kappa shape index (κ1) is 18.2. The first-order valence-corrected chi connectivity index (χ1v) is 7.85. The van der Waals surface area contributed by atoms with Crippen LogP contribution in [0.1, 0.15) is 44.9 Å². The highest BCUT2D eigenvalue weighted by Crippen LogP contribution is 2.18. The van der Waals surface area contributed by atoms with Gasteiger partial charge in [0, 0.05) is 18.5 Å². The number of urea groups is 1. The van der Waals surface area contributed by atoms with Crippen LogP contribution >= 0.6 is 0 Å². The van der Waals surface area contributed by atoms with E-state index < -0.39 is 6.03 Å². The van der Waals surface area contributed by atoms with Gasteiger partial charge in [-0.1, -0.05) is 45.0 Å². The van der Waals surface area contributed by atoms with Crippen LogP contribution in [-0.4, -0.2) is 25.0 Å². The maximum atomic E-state index is 12.0. The van der Waals surface area contributed by atoms with Crippen LogP contribution in [0, 0.1) is 5.92 Å². The molecule has 0 saturated carbocycles. The van der Waals surface area contributed by atoms with E-state index in [2.05, 4.69) is 55.7 Å². The molecule has 0 aliphatic rings. The van der Waals surface area contributed by atoms with Gasteiger partial charge < -0.3 is 10.6 Å². The maximum absolute atomic E-state index is 12.0. The molecule has 0 radical (unpaired) electrons. The molecule has 0 aromatic heterocycles. The Kier molecular flexibility index (Phi) is 7.05. The number of hydrogen-bond acceptors (Lipinski definition) is 2. The number of carbonyl (C=O) groups is 2. The van der Waals surface area contributed by atoms with Crippen molar-refractivity contribution in [3.8, 4) is 0 Å². The third-order valence-electron chi connectivity index (χ3n) is 3.86. The second-order valence-corrected chi connectivity index (χ2v) is 5.91. The van der Waals surface area contributed by atoms with Crippen molar-refractivity contribution in [1.82, 2.24) is 10.6 Å². The van der Waals surface area contributed by atoms with Crippen molar-refractivity contribution in [3.05, 3.63) is 35.4 Å². The Morgan fingerprint density at radius 1 is 1.14 bits per heavy atom. The zero-order chi connectivity index (χ0) is 16.7. The molecule has 0 saturated heterocycles. The molecule has 2 atom stereocenters. The predicted molar refractivity (Wildman–Crippen MR) is 87.4 cm³/mol. The molecule has 0 spiro atoms. The van der Waals surface area contributed by atoms with Gasteiger partial charge in [0.25, 0.3) is 5.91 Å². The van der Waals surface area contributed by atoms with E-state index in [0.29, 0.717) is 5.92 Å². The summed E-state index contributed by atoms with van der Waals surface area (Å²) in [5.41, 5.74) is 2.50. The minimum atomic E-state index is -0.473. The smallest absolute Gasteiger partial charge is 0.321 e. The lowest BCUT2D eigenvalue weighted by molar-refractivity contribution is -0.719. The fourth-order valence-corrected chi connectivity index (χ4v) is 2.38. The van der Waals surface area contributed by atoms with Crippen LogP contribution in [-0.2, 0) is 11.2 Å². The van der Waals surface area contributed by atoms with Gasteiger partial charge in [-0.05, 0) is 18.9 Å². The first-order valence-electron chi connectivity index (χ1n) is 7.85. The molecule has 5 heteroatoms. The van der Waals surface area contributed by atoms with Gasteiger partial charge in [0.1, 0.15) is 6.04 Å². The minimum absolute atomic E-state index is 0.177. The van der Waals surface area contributed by atoms with Gasteiger partial charge in [0.2, 0.25) is 0 Å². The van der Waals surface area contributed by atoms with Gasteiger partial charge in [-0.15, -0.1) is 0 Å². The summed E-state index contributed by atoms with van der Waals surface area (Å²) in [6, 6.07) is 7.89. The van der Waals surface area contributed by atoms with Crippen LogP contribution < -0.4 is 16.0 Å². The van der Waals surface area contributed by atoms with Crippen molar-refractivity contribution in [2.75, 3.05) is 7.05 Å². The average molecular weight is 306 g/mol. The number of hydrogen-bond donors (Lipinski definition) is 3. The molecular weight excluding hydrogens is 278 g/mol. The van der Waals surface area contributed by atoms with E-state index in [0.717, 1.165) is 6.42 Å². The van der Waals surface area contributed by atoms with E-state index in [1.807, 2.05) is 12.2 Å². The molecule has 0 aliphatic heterocycles. The highest BCUT2D eigenvalue weighted by Gasteiger charge is 2.26. The van der Waals surface area contributed by atoms with Crippen LogP contribution in [0.2, 0.25) is 0 Å². The molecule has 5 nitrogen and oxygen atoms in total. The molecule has 1 aromatic carbocycles. The molecule has 0 heterocycles. The van der Waals surface area contributed by atoms with Crippen LogP contribution in [0.5, 0.6) is 0 Å². The van der Waals surface area contributed by atoms with E-state index in [-0.39, 0.29) is 18.0 Å². The Morgan fingerprint density at radius 2 is 1.73 bits per heavy atom. The number of amides is 3. The number of nitrogens with one attached hydrogen (secondary N) is 2. The average Bonchev–Trinajstić information content (AvgIpc) is 2.51. The van der Waals surface area contributed by atoms with Gasteiger partial charge in [-0.3, -0.25) is 10.1 Å². The summed E-state index contributed by atoms with van der Waals surface area (Å²) in [5.74, 6) is 0.0953. The molecule has 0 fully saturated rings. The number of rotatable bonds is 6. The lowest BCUT2D eigenvalue weighted by Crippen LogP contribution is -2.93. The standard InChI is InChI=1S/C17H27N3O2/c1-6-13-7-9-14(10-8-13)15(11(2)3)19-12(4)16(21)20-17(22)18-5/h7-12,15,19H,6H2,1-5H3,(H2,18,20,21,22)/p+1/t12-,15+/m1/s1. The largest absolute Gasteiger partial charge is 0.341 e. The van der Waals surface area contributed by atoms with Crippen molar-refractivity contribution < 1.29 is 14.9 Å². The summed E-state index contributed by atoms with van der Waals surface area (Å²) in [4.78, 5) is 23.2. The van der Waals surface area contributed by atoms with Gasteiger partial charge in [-0.2, -0.15) is 0 Å². The zero-order valence-electron chi connectivity index (χ0n) is 14.1. The molecule has 0 unspecified atom stereocenters. The van der Waals surface area contributed by atoms with Gasteiger partial charge in [-0.25, -0.2) is 4.79 Å². The monoisotopic (exact) mass is 306 g/mol. The van der Waals surface area contributed by atoms with E-state index in [1.165, 1.54) is 18.2 Å². The molecular formula is C17H28N3O2+. The Balaban J connectivity index is 2.78. The number of benzene rings is 1. The van der Waals surface area contributed by atoms with Crippen molar-refractivity contribution in [2.24, 2.45) is 5.92 Å². The SMILES string of the molecule is CCc1ccc([C@@H]([NH2+][C@H](C)C(=O)NC(=O)NC)C(C)C)cc1. The Labute approximate surface area is 132 Å². The van der Waals surface area contributed by atoms with Crippen molar-refractivity contribution in [2.45, 2.75) is 46.2 Å². The van der Waals surface area contributed by atoms with Crippen molar-refractivity contribution in [3.63, 3.8) is 0 Å². The van der Waals surface area contributed by atoms with E-state index in [1.54, 1.807) is 0 Å². The third-order valence-corrected chi connectivity index (χ3v) is 3.86. The Morgan fingerprint density at radius 3 is 2.18 bits per heavy atom. The van der Waals surface area contributed by atoms with E-state index in [9.17, 15) is 9.59 Å². The molecule has 4 N–H and O–H groups in total. The molecule has 22 heavy (non-hydrogen) atoms. The maximum Gasteiger partial charge on any atom is 0.321 e. The number of aryl methyl sites for hydroxylation is 1. The fraction of sp³-hybridized carbons (Fsp3) is 0.529. The topological polar surface area (TPSA) is 74.8 Å². The number of imide groups is 1. The minimum Gasteiger partial charge on any atom is -0.341 e. The molecule has 1 rings (SSSR count). The summed E-state index contributed by atoms with van der Waals surface area (Å²) in [5, 5.41) is 6.73. The van der Waals surface area contributed by atoms with Crippen LogP contribution in [0.3, 0.4) is 0 Å². The molecule has 1 aromatic rings.